The van der Waals surface area contributed by atoms with Gasteiger partial charge in [0, 0.05) is 17.7 Å². The van der Waals surface area contributed by atoms with E-state index in [9.17, 15) is 9.18 Å². The summed E-state index contributed by atoms with van der Waals surface area (Å²) in [4.78, 5) is 12.1. The number of hydrogen-bond acceptors (Lipinski definition) is 4. The largest absolute Gasteiger partial charge is 0.497 e. The SMILES string of the molecule is COc1ccc(CC(=O)NCc2cnoc2-c2ccc(F)cc2)cc1. The highest BCUT2D eigenvalue weighted by atomic mass is 19.1. The zero-order valence-electron chi connectivity index (χ0n) is 13.7. The third kappa shape index (κ3) is 4.23. The molecule has 1 amide bonds. The van der Waals surface area contributed by atoms with Crippen molar-refractivity contribution in [1.29, 1.82) is 0 Å². The highest BCUT2D eigenvalue weighted by Crippen LogP contribution is 2.23. The van der Waals surface area contributed by atoms with Crippen molar-refractivity contribution in [2.75, 3.05) is 7.11 Å². The number of benzene rings is 2. The smallest absolute Gasteiger partial charge is 0.224 e. The van der Waals surface area contributed by atoms with Crippen LogP contribution in [0.2, 0.25) is 0 Å². The highest BCUT2D eigenvalue weighted by molar-refractivity contribution is 5.78. The summed E-state index contributed by atoms with van der Waals surface area (Å²) in [6.45, 7) is 0.283. The molecule has 0 spiro atoms. The predicted octanol–water partition coefficient (Wildman–Crippen LogP) is 3.35. The Labute approximate surface area is 144 Å². The Bertz CT molecular complexity index is 842. The summed E-state index contributed by atoms with van der Waals surface area (Å²) >= 11 is 0. The van der Waals surface area contributed by atoms with Crippen LogP contribution in [0.1, 0.15) is 11.1 Å². The predicted molar refractivity (Wildman–Crippen MR) is 90.4 cm³/mol. The van der Waals surface area contributed by atoms with Gasteiger partial charge in [-0.15, -0.1) is 0 Å². The molecule has 2 aromatic carbocycles. The second kappa shape index (κ2) is 7.61. The van der Waals surface area contributed by atoms with Crippen molar-refractivity contribution in [2.24, 2.45) is 0 Å². The van der Waals surface area contributed by atoms with E-state index in [1.807, 2.05) is 24.3 Å². The monoisotopic (exact) mass is 340 g/mol. The molecule has 3 aromatic rings. The van der Waals surface area contributed by atoms with Crippen LogP contribution in [0.25, 0.3) is 11.3 Å². The summed E-state index contributed by atoms with van der Waals surface area (Å²) in [7, 11) is 1.60. The first-order valence-corrected chi connectivity index (χ1v) is 7.75. The van der Waals surface area contributed by atoms with Crippen molar-refractivity contribution in [3.05, 3.63) is 71.7 Å². The first-order chi connectivity index (χ1) is 12.2. The highest BCUT2D eigenvalue weighted by Gasteiger charge is 2.12. The van der Waals surface area contributed by atoms with Gasteiger partial charge in [0.05, 0.1) is 19.7 Å². The van der Waals surface area contributed by atoms with E-state index in [-0.39, 0.29) is 24.7 Å². The number of carbonyl (C=O) groups excluding carboxylic acids is 1. The average Bonchev–Trinajstić information content (AvgIpc) is 3.10. The van der Waals surface area contributed by atoms with Gasteiger partial charge in [0.1, 0.15) is 11.6 Å². The van der Waals surface area contributed by atoms with Crippen LogP contribution in [-0.2, 0) is 17.8 Å². The molecular weight excluding hydrogens is 323 g/mol. The van der Waals surface area contributed by atoms with Crippen molar-refractivity contribution >= 4 is 5.91 Å². The van der Waals surface area contributed by atoms with E-state index in [0.29, 0.717) is 11.3 Å². The number of halogens is 1. The van der Waals surface area contributed by atoms with Gasteiger partial charge in [-0.05, 0) is 42.0 Å². The minimum Gasteiger partial charge on any atom is -0.497 e. The Morgan fingerprint density at radius 2 is 1.88 bits per heavy atom. The summed E-state index contributed by atoms with van der Waals surface area (Å²) in [5.74, 6) is 0.830. The van der Waals surface area contributed by atoms with E-state index in [2.05, 4.69) is 10.5 Å². The van der Waals surface area contributed by atoms with Gasteiger partial charge in [0.25, 0.3) is 0 Å². The van der Waals surface area contributed by atoms with E-state index < -0.39 is 0 Å². The van der Waals surface area contributed by atoms with Crippen molar-refractivity contribution in [3.63, 3.8) is 0 Å². The lowest BCUT2D eigenvalue weighted by Gasteiger charge is -2.06. The molecule has 128 valence electrons. The third-order valence-corrected chi connectivity index (χ3v) is 3.75. The molecule has 0 bridgehead atoms. The fourth-order valence-corrected chi connectivity index (χ4v) is 2.41. The van der Waals surface area contributed by atoms with Crippen LogP contribution in [0.5, 0.6) is 5.75 Å². The van der Waals surface area contributed by atoms with Crippen LogP contribution < -0.4 is 10.1 Å². The summed E-state index contributed by atoms with van der Waals surface area (Å²) < 4.78 is 23.3. The van der Waals surface area contributed by atoms with E-state index in [1.165, 1.54) is 12.1 Å². The van der Waals surface area contributed by atoms with Gasteiger partial charge < -0.3 is 14.6 Å². The van der Waals surface area contributed by atoms with Crippen LogP contribution in [-0.4, -0.2) is 18.2 Å². The van der Waals surface area contributed by atoms with E-state index >= 15 is 0 Å². The molecule has 1 N–H and O–H groups in total. The first kappa shape index (κ1) is 16.7. The molecular formula is C19H17FN2O3. The maximum atomic E-state index is 13.0. The molecule has 0 aliphatic rings. The minimum absolute atomic E-state index is 0.114. The lowest BCUT2D eigenvalue weighted by molar-refractivity contribution is -0.120. The van der Waals surface area contributed by atoms with Crippen LogP contribution in [0.3, 0.4) is 0 Å². The standard InChI is InChI=1S/C19H17FN2O3/c1-24-17-8-2-13(3-9-17)10-18(23)21-11-15-12-22-25-19(15)14-4-6-16(20)7-5-14/h2-9,12H,10-11H2,1H3,(H,21,23). The van der Waals surface area contributed by atoms with Crippen LogP contribution in [0, 0.1) is 5.82 Å². The third-order valence-electron chi connectivity index (χ3n) is 3.75. The van der Waals surface area contributed by atoms with Crippen LogP contribution >= 0.6 is 0 Å². The minimum atomic E-state index is -0.322. The van der Waals surface area contributed by atoms with E-state index in [0.717, 1.165) is 16.9 Å². The van der Waals surface area contributed by atoms with E-state index in [4.69, 9.17) is 9.26 Å². The fraction of sp³-hybridized carbons (Fsp3) is 0.158. The second-order valence-corrected chi connectivity index (χ2v) is 5.49. The maximum Gasteiger partial charge on any atom is 0.224 e. The first-order valence-electron chi connectivity index (χ1n) is 7.75. The number of ether oxygens (including phenoxy) is 1. The van der Waals surface area contributed by atoms with Crippen molar-refractivity contribution in [1.82, 2.24) is 10.5 Å². The lowest BCUT2D eigenvalue weighted by atomic mass is 10.1. The lowest BCUT2D eigenvalue weighted by Crippen LogP contribution is -2.24. The Morgan fingerprint density at radius 1 is 1.16 bits per heavy atom. The average molecular weight is 340 g/mol. The summed E-state index contributed by atoms with van der Waals surface area (Å²) in [6.07, 6.45) is 1.81. The molecule has 0 aliphatic carbocycles. The molecule has 0 unspecified atom stereocenters. The molecule has 0 fully saturated rings. The maximum absolute atomic E-state index is 13.0. The van der Waals surface area contributed by atoms with Gasteiger partial charge in [-0.25, -0.2) is 4.39 Å². The van der Waals surface area contributed by atoms with Gasteiger partial charge in [0.2, 0.25) is 5.91 Å². The molecule has 0 aliphatic heterocycles. The molecule has 3 rings (SSSR count). The Kier molecular flexibility index (Phi) is 5.09. The van der Waals surface area contributed by atoms with Crippen molar-refractivity contribution in [2.45, 2.75) is 13.0 Å². The second-order valence-electron chi connectivity index (χ2n) is 5.49. The zero-order valence-corrected chi connectivity index (χ0v) is 13.7. The molecule has 6 heteroatoms. The van der Waals surface area contributed by atoms with Gasteiger partial charge in [-0.2, -0.15) is 0 Å². The summed E-state index contributed by atoms with van der Waals surface area (Å²) in [5, 5.41) is 6.61. The molecule has 5 nitrogen and oxygen atoms in total. The molecule has 0 saturated carbocycles. The zero-order chi connectivity index (χ0) is 17.6. The number of aromatic nitrogens is 1. The topological polar surface area (TPSA) is 64.4 Å². The number of rotatable bonds is 6. The molecule has 0 radical (unpaired) electrons. The number of nitrogens with one attached hydrogen (secondary N) is 1. The molecule has 0 atom stereocenters. The van der Waals surface area contributed by atoms with E-state index in [1.54, 1.807) is 25.4 Å². The van der Waals surface area contributed by atoms with Crippen molar-refractivity contribution < 1.29 is 18.4 Å². The fourth-order valence-electron chi connectivity index (χ4n) is 2.41. The number of methoxy groups -OCH3 is 1. The van der Waals surface area contributed by atoms with Gasteiger partial charge in [0.15, 0.2) is 5.76 Å². The van der Waals surface area contributed by atoms with Gasteiger partial charge in [-0.1, -0.05) is 17.3 Å². The Hall–Kier alpha value is -3.15. The number of nitrogens with zero attached hydrogens (tertiary/aromatic N) is 1. The van der Waals surface area contributed by atoms with Gasteiger partial charge >= 0.3 is 0 Å². The number of amides is 1. The normalized spacial score (nSPS) is 10.5. The van der Waals surface area contributed by atoms with Crippen molar-refractivity contribution in [3.8, 4) is 17.1 Å². The Balaban J connectivity index is 1.61. The number of hydrogen-bond donors (Lipinski definition) is 1. The summed E-state index contributed by atoms with van der Waals surface area (Å²) in [6, 6.07) is 13.2. The molecule has 1 aromatic heterocycles. The Morgan fingerprint density at radius 3 is 2.56 bits per heavy atom. The molecule has 25 heavy (non-hydrogen) atoms. The quantitative estimate of drug-likeness (QED) is 0.747. The summed E-state index contributed by atoms with van der Waals surface area (Å²) in [5.41, 5.74) is 2.33. The number of carbonyl (C=O) groups is 1. The van der Waals surface area contributed by atoms with Crippen LogP contribution in [0.4, 0.5) is 4.39 Å². The molecule has 1 heterocycles. The van der Waals surface area contributed by atoms with Gasteiger partial charge in [-0.3, -0.25) is 4.79 Å². The van der Waals surface area contributed by atoms with Crippen LogP contribution in [0.15, 0.2) is 59.3 Å². The molecule has 0 saturated heterocycles.